The fourth-order valence-electron chi connectivity index (χ4n) is 7.04. The van der Waals surface area contributed by atoms with E-state index in [-0.39, 0.29) is 0 Å². The number of likely N-dealkylation sites (tertiary alicyclic amines) is 2. The molecule has 0 aromatic carbocycles. The molecule has 7 unspecified atom stereocenters. The van der Waals surface area contributed by atoms with Crippen LogP contribution in [0.5, 0.6) is 0 Å². The first-order valence-electron chi connectivity index (χ1n) is 15.3. The van der Waals surface area contributed by atoms with E-state index in [1.165, 1.54) is 90.3 Å². The van der Waals surface area contributed by atoms with E-state index in [1.807, 2.05) is 0 Å². The first-order valence-corrected chi connectivity index (χ1v) is 15.3. The molecule has 4 saturated heterocycles. The highest BCUT2D eigenvalue weighted by atomic mass is 15.2. The van der Waals surface area contributed by atoms with Crippen molar-refractivity contribution in [3.05, 3.63) is 0 Å². The summed E-state index contributed by atoms with van der Waals surface area (Å²) in [4.78, 5) is 7.79. The molecule has 0 amide bonds. The molecule has 0 N–H and O–H groups in total. The summed E-state index contributed by atoms with van der Waals surface area (Å²) < 4.78 is 0. The van der Waals surface area contributed by atoms with Gasteiger partial charge in [-0.25, -0.2) is 0 Å². The third kappa shape index (κ3) is 9.40. The second-order valence-electron chi connectivity index (χ2n) is 13.1. The lowest BCUT2D eigenvalue weighted by Gasteiger charge is -2.42. The lowest BCUT2D eigenvalue weighted by Crippen LogP contribution is -2.45. The van der Waals surface area contributed by atoms with Crippen LogP contribution in [0.2, 0.25) is 0 Å². The Kier molecular flexibility index (Phi) is 13.5. The lowest BCUT2D eigenvalue weighted by molar-refractivity contribution is 0.0786. The molecular formula is C31H63N3. The molecule has 0 aromatic rings. The Morgan fingerprint density at radius 3 is 1.94 bits per heavy atom. The average Bonchev–Trinajstić information content (AvgIpc) is 3.35. The normalized spacial score (nSPS) is 38.6. The topological polar surface area (TPSA) is 9.72 Å². The highest BCUT2D eigenvalue weighted by Gasteiger charge is 2.30. The number of hydrogen-bond acceptors (Lipinski definition) is 3. The van der Waals surface area contributed by atoms with Crippen molar-refractivity contribution < 1.29 is 0 Å². The number of piperidine rings is 1. The molecule has 4 heterocycles. The molecule has 0 spiro atoms. The van der Waals surface area contributed by atoms with E-state index in [4.69, 9.17) is 0 Å². The minimum absolute atomic E-state index is 0.821. The number of nitrogens with zero attached hydrogens (tertiary/aromatic N) is 3. The van der Waals surface area contributed by atoms with Crippen LogP contribution in [0.4, 0.5) is 0 Å². The standard InChI is InChI=1S/2C11H23N.C9H17N/c1-9(2)5-7-11-8-6-10(3)12(11)4;1-5-10-7-9(3)8-11(6-2)12(10)4;1-8-3-2-5-10-6-4-9(8)7-10/h2*9-11H,5-8H2,1-4H3;8-9H,2-7H2,1H3. The summed E-state index contributed by atoms with van der Waals surface area (Å²) in [5, 5.41) is 0. The van der Waals surface area contributed by atoms with Crippen molar-refractivity contribution in [2.24, 2.45) is 23.7 Å². The Balaban J connectivity index is 0.000000181. The number of hydrogen-bond donors (Lipinski definition) is 0. The van der Waals surface area contributed by atoms with Gasteiger partial charge in [-0.05, 0) is 128 Å². The summed E-state index contributed by atoms with van der Waals surface area (Å²) in [6, 6.07) is 3.39. The van der Waals surface area contributed by atoms with E-state index < -0.39 is 0 Å². The van der Waals surface area contributed by atoms with Crippen LogP contribution >= 0.6 is 0 Å². The smallest absolute Gasteiger partial charge is 0.00957 e. The van der Waals surface area contributed by atoms with Crippen LogP contribution in [0.3, 0.4) is 0 Å². The lowest BCUT2D eigenvalue weighted by atomic mass is 9.86. The van der Waals surface area contributed by atoms with Crippen LogP contribution in [0.25, 0.3) is 0 Å². The summed E-state index contributed by atoms with van der Waals surface area (Å²) in [7, 11) is 4.58. The van der Waals surface area contributed by atoms with Gasteiger partial charge in [0.05, 0.1) is 0 Å². The zero-order valence-electron chi connectivity index (χ0n) is 24.9. The van der Waals surface area contributed by atoms with Gasteiger partial charge in [0.2, 0.25) is 0 Å². The highest BCUT2D eigenvalue weighted by Crippen LogP contribution is 2.31. The van der Waals surface area contributed by atoms with Gasteiger partial charge in [-0.3, -0.25) is 0 Å². The maximum absolute atomic E-state index is 2.63. The Morgan fingerprint density at radius 1 is 0.765 bits per heavy atom. The fraction of sp³-hybridized carbons (Fsp3) is 1.00. The second-order valence-corrected chi connectivity index (χ2v) is 13.1. The van der Waals surface area contributed by atoms with Crippen LogP contribution in [-0.2, 0) is 0 Å². The zero-order chi connectivity index (χ0) is 25.3. The number of rotatable bonds is 5. The summed E-state index contributed by atoms with van der Waals surface area (Å²) in [5.74, 6) is 3.86. The predicted molar refractivity (Wildman–Crippen MR) is 152 cm³/mol. The maximum atomic E-state index is 2.63. The predicted octanol–water partition coefficient (Wildman–Crippen LogP) is 7.55. The Hall–Kier alpha value is -0.120. The third-order valence-electron chi connectivity index (χ3n) is 9.96. The summed E-state index contributed by atoms with van der Waals surface area (Å²) >= 11 is 0. The minimum Gasteiger partial charge on any atom is -0.303 e. The van der Waals surface area contributed by atoms with Crippen molar-refractivity contribution in [2.75, 3.05) is 33.7 Å². The highest BCUT2D eigenvalue weighted by molar-refractivity contribution is 4.84. The fourth-order valence-corrected chi connectivity index (χ4v) is 7.04. The van der Waals surface area contributed by atoms with Gasteiger partial charge in [0.15, 0.2) is 0 Å². The molecule has 3 heteroatoms. The molecule has 4 fully saturated rings. The molecule has 0 radical (unpaired) electrons. The van der Waals surface area contributed by atoms with E-state index in [1.54, 1.807) is 0 Å². The number of fused-ring (bicyclic) bond motifs is 2. The van der Waals surface area contributed by atoms with Gasteiger partial charge in [-0.2, -0.15) is 0 Å². The van der Waals surface area contributed by atoms with Crippen molar-refractivity contribution in [1.82, 2.24) is 14.7 Å². The quantitative estimate of drug-likeness (QED) is 0.405. The average molecular weight is 478 g/mol. The Morgan fingerprint density at radius 2 is 1.41 bits per heavy atom. The third-order valence-corrected chi connectivity index (χ3v) is 9.96. The maximum Gasteiger partial charge on any atom is 0.00957 e. The van der Waals surface area contributed by atoms with Crippen LogP contribution in [-0.4, -0.2) is 72.6 Å². The van der Waals surface area contributed by atoms with Crippen LogP contribution in [0.1, 0.15) is 119 Å². The van der Waals surface area contributed by atoms with Gasteiger partial charge in [-0.1, -0.05) is 41.5 Å². The van der Waals surface area contributed by atoms with Crippen LogP contribution in [0, 0.1) is 23.7 Å². The van der Waals surface area contributed by atoms with Crippen molar-refractivity contribution in [3.8, 4) is 0 Å². The molecule has 202 valence electrons. The first-order chi connectivity index (χ1) is 16.2. The van der Waals surface area contributed by atoms with E-state index >= 15 is 0 Å². The monoisotopic (exact) mass is 478 g/mol. The summed E-state index contributed by atoms with van der Waals surface area (Å²) in [6.45, 7) is 20.6. The van der Waals surface area contributed by atoms with Gasteiger partial charge >= 0.3 is 0 Å². The Labute approximate surface area is 215 Å². The summed E-state index contributed by atoms with van der Waals surface area (Å²) in [5.41, 5.74) is 0. The Bertz CT molecular complexity index is 521. The molecule has 0 aliphatic carbocycles. The summed E-state index contributed by atoms with van der Waals surface area (Å²) in [6.07, 6.45) is 15.4. The second kappa shape index (κ2) is 15.2. The molecule has 0 aromatic heterocycles. The molecule has 3 nitrogen and oxygen atoms in total. The first kappa shape index (κ1) is 30.1. The van der Waals surface area contributed by atoms with Gasteiger partial charge in [0, 0.05) is 30.7 Å². The molecular weight excluding hydrogens is 414 g/mol. The molecule has 34 heavy (non-hydrogen) atoms. The van der Waals surface area contributed by atoms with Crippen molar-refractivity contribution in [1.29, 1.82) is 0 Å². The van der Waals surface area contributed by atoms with Crippen LogP contribution < -0.4 is 0 Å². The van der Waals surface area contributed by atoms with E-state index in [9.17, 15) is 0 Å². The molecule has 4 aliphatic heterocycles. The largest absolute Gasteiger partial charge is 0.303 e. The zero-order valence-corrected chi connectivity index (χ0v) is 24.9. The van der Waals surface area contributed by atoms with E-state index in [2.05, 4.69) is 77.3 Å². The van der Waals surface area contributed by atoms with Crippen molar-refractivity contribution in [3.63, 3.8) is 0 Å². The van der Waals surface area contributed by atoms with E-state index in [0.29, 0.717) is 0 Å². The van der Waals surface area contributed by atoms with Gasteiger partial charge in [0.25, 0.3) is 0 Å². The SMILES string of the molecule is CC(C)CCC1CCC(C)N1C.CC1CCCN2CCC1C2.CCC1CC(C)CC(CC)N1C. The molecule has 4 aliphatic rings. The van der Waals surface area contributed by atoms with Gasteiger partial charge in [-0.15, -0.1) is 0 Å². The van der Waals surface area contributed by atoms with Gasteiger partial charge < -0.3 is 14.7 Å². The molecule has 0 saturated carbocycles. The molecule has 7 atom stereocenters. The van der Waals surface area contributed by atoms with Crippen molar-refractivity contribution in [2.45, 2.75) is 143 Å². The molecule has 2 bridgehead atoms. The van der Waals surface area contributed by atoms with Crippen molar-refractivity contribution >= 4 is 0 Å². The van der Waals surface area contributed by atoms with Gasteiger partial charge in [0.1, 0.15) is 0 Å². The molecule has 4 rings (SSSR count). The minimum atomic E-state index is 0.821. The van der Waals surface area contributed by atoms with Crippen LogP contribution in [0.15, 0.2) is 0 Å². The van der Waals surface area contributed by atoms with E-state index in [0.717, 1.165) is 47.8 Å².